The molecule has 0 aliphatic carbocycles. The van der Waals surface area contributed by atoms with Crippen molar-refractivity contribution >= 4 is 17.6 Å². The van der Waals surface area contributed by atoms with Gasteiger partial charge in [-0.25, -0.2) is 4.79 Å². The maximum absolute atomic E-state index is 12.7. The van der Waals surface area contributed by atoms with Crippen LogP contribution in [0.25, 0.3) is 0 Å². The van der Waals surface area contributed by atoms with Crippen molar-refractivity contribution in [2.45, 2.75) is 30.7 Å². The molecule has 172 valence electrons. The summed E-state index contributed by atoms with van der Waals surface area (Å²) in [4.78, 5) is 25.1. The molecule has 0 saturated carbocycles. The molecule has 0 radical (unpaired) electrons. The van der Waals surface area contributed by atoms with Gasteiger partial charge in [0.15, 0.2) is 12.4 Å². The minimum absolute atomic E-state index is 0.0698. The number of aliphatic hydroxyl groups excluding tert-OH is 3. The fourth-order valence-electron chi connectivity index (χ4n) is 3.27. The van der Waals surface area contributed by atoms with Crippen LogP contribution in [0.2, 0.25) is 0 Å². The minimum atomic E-state index is -1.54. The smallest absolute Gasteiger partial charge is 0.338 e. The number of carbonyl (C=O) groups excluding carboxylic acids is 2. The van der Waals surface area contributed by atoms with Gasteiger partial charge in [0.2, 0.25) is 0 Å². The van der Waals surface area contributed by atoms with E-state index in [1.807, 2.05) is 0 Å². The lowest BCUT2D eigenvalue weighted by Crippen LogP contribution is -2.60. The van der Waals surface area contributed by atoms with Crippen molar-refractivity contribution in [2.75, 3.05) is 26.1 Å². The molecule has 1 amide bonds. The number of nitrogens with one attached hydrogen (secondary N) is 1. The standard InChI is InChI=1S/C22H25NO9/c1-29-15-10-13(8-9-14(15)23-20(27)12-6-4-3-5-7-12)21(28)32-19-18(26)17(25)16(11-24)31-22(19)30-2/h3-10,16-19,22,24-26H,11H2,1-2H3,(H,23,27)/t16-,17-,18+,19-,22+/m1/s1. The van der Waals surface area contributed by atoms with Crippen molar-refractivity contribution in [3.8, 4) is 5.75 Å². The summed E-state index contributed by atoms with van der Waals surface area (Å²) < 4.78 is 21.0. The summed E-state index contributed by atoms with van der Waals surface area (Å²) in [5.41, 5.74) is 0.866. The molecule has 10 nitrogen and oxygen atoms in total. The second kappa shape index (κ2) is 10.5. The molecule has 1 fully saturated rings. The Hall–Kier alpha value is -3.02. The topological polar surface area (TPSA) is 144 Å². The normalized spacial score (nSPS) is 25.1. The van der Waals surface area contributed by atoms with Gasteiger partial charge >= 0.3 is 5.97 Å². The van der Waals surface area contributed by atoms with Gasteiger partial charge in [-0.3, -0.25) is 4.79 Å². The molecule has 5 atom stereocenters. The van der Waals surface area contributed by atoms with E-state index in [0.29, 0.717) is 11.3 Å². The molecule has 2 aromatic rings. The van der Waals surface area contributed by atoms with Crippen molar-refractivity contribution < 1.29 is 43.9 Å². The molecule has 0 unspecified atom stereocenters. The van der Waals surface area contributed by atoms with Gasteiger partial charge in [0, 0.05) is 12.7 Å². The first kappa shape index (κ1) is 23.6. The van der Waals surface area contributed by atoms with Crippen LogP contribution in [0.1, 0.15) is 20.7 Å². The SMILES string of the molecule is COc1cc(C(=O)O[C@H]2[C@@H](OC)O[C@H](CO)[C@@H](O)[C@@H]2O)ccc1NC(=O)c1ccccc1. The van der Waals surface area contributed by atoms with Gasteiger partial charge in [-0.05, 0) is 30.3 Å². The third kappa shape index (κ3) is 5.06. The molecule has 2 aromatic carbocycles. The Kier molecular flexibility index (Phi) is 7.78. The second-order valence-corrected chi connectivity index (χ2v) is 7.05. The highest BCUT2D eigenvalue weighted by Crippen LogP contribution is 2.29. The van der Waals surface area contributed by atoms with E-state index in [4.69, 9.17) is 18.9 Å². The first-order valence-electron chi connectivity index (χ1n) is 9.80. The lowest BCUT2D eigenvalue weighted by molar-refractivity contribution is -0.293. The fourth-order valence-corrected chi connectivity index (χ4v) is 3.27. The molecule has 0 aromatic heterocycles. The first-order valence-corrected chi connectivity index (χ1v) is 9.80. The predicted octanol–water partition coefficient (Wildman–Crippen LogP) is 0.558. The first-order chi connectivity index (χ1) is 15.4. The quantitative estimate of drug-likeness (QED) is 0.448. The van der Waals surface area contributed by atoms with Crippen LogP contribution in [0, 0.1) is 0 Å². The largest absolute Gasteiger partial charge is 0.495 e. The summed E-state index contributed by atoms with van der Waals surface area (Å²) >= 11 is 0. The number of hydrogen-bond acceptors (Lipinski definition) is 9. The summed E-state index contributed by atoms with van der Waals surface area (Å²) in [5.74, 6) is -0.974. The maximum Gasteiger partial charge on any atom is 0.338 e. The molecular weight excluding hydrogens is 422 g/mol. The van der Waals surface area contributed by atoms with E-state index >= 15 is 0 Å². The number of carbonyl (C=O) groups is 2. The Morgan fingerprint density at radius 3 is 2.38 bits per heavy atom. The van der Waals surface area contributed by atoms with E-state index in [0.717, 1.165) is 0 Å². The summed E-state index contributed by atoms with van der Waals surface area (Å²) in [6, 6.07) is 12.9. The van der Waals surface area contributed by atoms with E-state index in [1.165, 1.54) is 32.4 Å². The molecule has 3 rings (SSSR count). The molecule has 1 heterocycles. The summed E-state index contributed by atoms with van der Waals surface area (Å²) in [6.45, 7) is -0.549. The van der Waals surface area contributed by atoms with Gasteiger partial charge in [0.1, 0.15) is 24.1 Å². The maximum atomic E-state index is 12.7. The van der Waals surface area contributed by atoms with Gasteiger partial charge in [-0.15, -0.1) is 0 Å². The summed E-state index contributed by atoms with van der Waals surface area (Å²) in [5, 5.41) is 32.3. The average Bonchev–Trinajstić information content (AvgIpc) is 2.82. The van der Waals surface area contributed by atoms with Crippen molar-refractivity contribution in [2.24, 2.45) is 0 Å². The van der Waals surface area contributed by atoms with E-state index in [2.05, 4.69) is 5.32 Å². The van der Waals surface area contributed by atoms with Gasteiger partial charge in [-0.1, -0.05) is 18.2 Å². The Bertz CT molecular complexity index is 934. The molecule has 32 heavy (non-hydrogen) atoms. The minimum Gasteiger partial charge on any atom is -0.495 e. The Morgan fingerprint density at radius 1 is 1.03 bits per heavy atom. The zero-order chi connectivity index (χ0) is 23.3. The van der Waals surface area contributed by atoms with Crippen LogP contribution in [0.5, 0.6) is 5.75 Å². The van der Waals surface area contributed by atoms with Crippen molar-refractivity contribution in [1.82, 2.24) is 0 Å². The number of benzene rings is 2. The number of rotatable bonds is 7. The molecule has 1 aliphatic heterocycles. The zero-order valence-corrected chi connectivity index (χ0v) is 17.5. The average molecular weight is 447 g/mol. The molecule has 0 spiro atoms. The number of methoxy groups -OCH3 is 2. The zero-order valence-electron chi connectivity index (χ0n) is 17.5. The van der Waals surface area contributed by atoms with Crippen molar-refractivity contribution in [1.29, 1.82) is 0 Å². The lowest BCUT2D eigenvalue weighted by Gasteiger charge is -2.40. The van der Waals surface area contributed by atoms with Crippen LogP contribution >= 0.6 is 0 Å². The Balaban J connectivity index is 1.75. The van der Waals surface area contributed by atoms with Crippen molar-refractivity contribution in [3.05, 3.63) is 59.7 Å². The number of esters is 1. The van der Waals surface area contributed by atoms with E-state index < -0.39 is 43.3 Å². The highest BCUT2D eigenvalue weighted by molar-refractivity contribution is 6.05. The molecule has 1 aliphatic rings. The highest BCUT2D eigenvalue weighted by Gasteiger charge is 2.46. The third-order valence-electron chi connectivity index (χ3n) is 5.02. The van der Waals surface area contributed by atoms with Crippen LogP contribution in [0.4, 0.5) is 5.69 Å². The van der Waals surface area contributed by atoms with Gasteiger partial charge in [-0.2, -0.15) is 0 Å². The molecule has 4 N–H and O–H groups in total. The van der Waals surface area contributed by atoms with E-state index in [-0.39, 0.29) is 17.2 Å². The van der Waals surface area contributed by atoms with Crippen LogP contribution < -0.4 is 10.1 Å². The van der Waals surface area contributed by atoms with Crippen LogP contribution in [-0.4, -0.2) is 78.7 Å². The Labute approximate surface area is 184 Å². The number of ether oxygens (including phenoxy) is 4. The van der Waals surface area contributed by atoms with E-state index in [1.54, 1.807) is 30.3 Å². The molecule has 0 bridgehead atoms. The monoisotopic (exact) mass is 447 g/mol. The number of anilines is 1. The van der Waals surface area contributed by atoms with Gasteiger partial charge < -0.3 is 39.6 Å². The van der Waals surface area contributed by atoms with Crippen LogP contribution in [0.3, 0.4) is 0 Å². The van der Waals surface area contributed by atoms with Gasteiger partial charge in [0.25, 0.3) is 5.91 Å². The fraction of sp³-hybridized carbons (Fsp3) is 0.364. The number of aliphatic hydroxyl groups is 3. The molecule has 1 saturated heterocycles. The predicted molar refractivity (Wildman–Crippen MR) is 111 cm³/mol. The molecule has 10 heteroatoms. The number of hydrogen-bond donors (Lipinski definition) is 4. The van der Waals surface area contributed by atoms with Crippen molar-refractivity contribution in [3.63, 3.8) is 0 Å². The lowest BCUT2D eigenvalue weighted by atomic mass is 9.99. The van der Waals surface area contributed by atoms with Crippen LogP contribution in [0.15, 0.2) is 48.5 Å². The summed E-state index contributed by atoms with van der Waals surface area (Å²) in [6.07, 6.45) is -6.64. The number of amides is 1. The van der Waals surface area contributed by atoms with E-state index in [9.17, 15) is 24.9 Å². The van der Waals surface area contributed by atoms with Crippen LogP contribution in [-0.2, 0) is 14.2 Å². The highest BCUT2D eigenvalue weighted by atomic mass is 16.7. The Morgan fingerprint density at radius 2 is 1.75 bits per heavy atom. The third-order valence-corrected chi connectivity index (χ3v) is 5.02. The second-order valence-electron chi connectivity index (χ2n) is 7.05. The molecular formula is C22H25NO9. The summed E-state index contributed by atoms with van der Waals surface area (Å²) in [7, 11) is 2.66. The van der Waals surface area contributed by atoms with Gasteiger partial charge in [0.05, 0.1) is 25.0 Å².